The zero-order chi connectivity index (χ0) is 17.1. The molecule has 0 unspecified atom stereocenters. The molecule has 1 aliphatic heterocycles. The molecule has 0 radical (unpaired) electrons. The summed E-state index contributed by atoms with van der Waals surface area (Å²) >= 11 is 0. The number of rotatable bonds is 4. The second kappa shape index (κ2) is 6.92. The third kappa shape index (κ3) is 3.51. The molecule has 0 atom stereocenters. The van der Waals surface area contributed by atoms with Gasteiger partial charge in [-0.3, -0.25) is 9.59 Å². The first-order valence-corrected chi connectivity index (χ1v) is 7.69. The number of H-pyrrole nitrogens is 1. The molecule has 2 heterocycles. The summed E-state index contributed by atoms with van der Waals surface area (Å²) < 4.78 is 18.1. The first kappa shape index (κ1) is 16.3. The van der Waals surface area contributed by atoms with Crippen molar-refractivity contribution in [3.63, 3.8) is 0 Å². The van der Waals surface area contributed by atoms with Crippen molar-refractivity contribution in [1.29, 1.82) is 0 Å². The third-order valence-corrected chi connectivity index (χ3v) is 4.00. The lowest BCUT2D eigenvalue weighted by Crippen LogP contribution is -2.41. The van der Waals surface area contributed by atoms with Crippen LogP contribution in [0.2, 0.25) is 0 Å². The van der Waals surface area contributed by atoms with Gasteiger partial charge in [0.15, 0.2) is 0 Å². The van der Waals surface area contributed by atoms with Gasteiger partial charge in [0.1, 0.15) is 18.2 Å². The summed E-state index contributed by atoms with van der Waals surface area (Å²) in [6.45, 7) is 0.740. The molecule has 126 valence electrons. The minimum atomic E-state index is -0.319. The topological polar surface area (TPSA) is 75.3 Å². The Kier molecular flexibility index (Phi) is 4.71. The van der Waals surface area contributed by atoms with E-state index in [2.05, 4.69) is 9.97 Å². The highest BCUT2D eigenvalue weighted by Crippen LogP contribution is 2.15. The van der Waals surface area contributed by atoms with E-state index in [1.165, 1.54) is 19.2 Å². The minimum absolute atomic E-state index is 0.00167. The lowest BCUT2D eigenvalue weighted by Gasteiger charge is -2.27. The van der Waals surface area contributed by atoms with Crippen LogP contribution in [0.25, 0.3) is 0 Å². The molecule has 1 N–H and O–H groups in total. The van der Waals surface area contributed by atoms with Gasteiger partial charge in [-0.1, -0.05) is 12.1 Å². The number of carbonyl (C=O) groups is 1. The number of nitrogens with zero attached hydrogens (tertiary/aromatic N) is 2. The number of aromatic amines is 1. The van der Waals surface area contributed by atoms with Gasteiger partial charge in [-0.2, -0.15) is 0 Å². The summed E-state index contributed by atoms with van der Waals surface area (Å²) in [6.07, 6.45) is 0.872. The van der Waals surface area contributed by atoms with Crippen LogP contribution in [0.15, 0.2) is 29.1 Å². The van der Waals surface area contributed by atoms with Crippen LogP contribution >= 0.6 is 0 Å². The van der Waals surface area contributed by atoms with Crippen molar-refractivity contribution >= 4 is 5.91 Å². The van der Waals surface area contributed by atoms with E-state index < -0.39 is 0 Å². The maximum absolute atomic E-state index is 13.3. The van der Waals surface area contributed by atoms with Gasteiger partial charge in [-0.15, -0.1) is 0 Å². The van der Waals surface area contributed by atoms with Crippen LogP contribution < -0.4 is 5.56 Å². The standard InChI is InChI=1S/C17H18FN3O3/c1-24-10-16(22)21-6-5-14-13(9-21)17(23)20-15(19-14)8-11-3-2-4-12(18)7-11/h2-4,7H,5-6,8-10H2,1H3,(H,19,20,23). The highest BCUT2D eigenvalue weighted by molar-refractivity contribution is 5.77. The van der Waals surface area contributed by atoms with Crippen molar-refractivity contribution in [2.45, 2.75) is 19.4 Å². The zero-order valence-corrected chi connectivity index (χ0v) is 13.3. The fourth-order valence-corrected chi connectivity index (χ4v) is 2.83. The van der Waals surface area contributed by atoms with Crippen molar-refractivity contribution in [3.05, 3.63) is 63.1 Å². The van der Waals surface area contributed by atoms with Gasteiger partial charge in [0.2, 0.25) is 5.91 Å². The van der Waals surface area contributed by atoms with E-state index in [9.17, 15) is 14.0 Å². The van der Waals surface area contributed by atoms with Crippen molar-refractivity contribution in [3.8, 4) is 0 Å². The van der Waals surface area contributed by atoms with Crippen LogP contribution in [0.3, 0.4) is 0 Å². The number of carbonyl (C=O) groups excluding carboxylic acids is 1. The summed E-state index contributed by atoms with van der Waals surface area (Å²) in [5.41, 5.74) is 1.70. The molecular formula is C17H18FN3O3. The van der Waals surface area contributed by atoms with E-state index in [4.69, 9.17) is 4.74 Å². The van der Waals surface area contributed by atoms with Crippen LogP contribution in [-0.2, 0) is 28.9 Å². The smallest absolute Gasteiger partial charge is 0.256 e. The van der Waals surface area contributed by atoms with Crippen LogP contribution in [0.1, 0.15) is 22.6 Å². The van der Waals surface area contributed by atoms with E-state index >= 15 is 0 Å². The van der Waals surface area contributed by atoms with E-state index in [-0.39, 0.29) is 30.4 Å². The number of amides is 1. The Hall–Kier alpha value is -2.54. The number of methoxy groups -OCH3 is 1. The van der Waals surface area contributed by atoms with Gasteiger partial charge in [0, 0.05) is 26.5 Å². The molecule has 0 aliphatic carbocycles. The molecular weight excluding hydrogens is 313 g/mol. The van der Waals surface area contributed by atoms with Gasteiger partial charge in [-0.05, 0) is 17.7 Å². The van der Waals surface area contributed by atoms with Gasteiger partial charge < -0.3 is 14.6 Å². The number of hydrogen-bond donors (Lipinski definition) is 1. The Morgan fingerprint density at radius 3 is 3.04 bits per heavy atom. The van der Waals surface area contributed by atoms with E-state index in [1.807, 2.05) is 0 Å². The van der Waals surface area contributed by atoms with Crippen LogP contribution in [0.4, 0.5) is 4.39 Å². The lowest BCUT2D eigenvalue weighted by atomic mass is 10.1. The van der Waals surface area contributed by atoms with Crippen molar-refractivity contribution in [2.24, 2.45) is 0 Å². The predicted octanol–water partition coefficient (Wildman–Crippen LogP) is 1.03. The van der Waals surface area contributed by atoms with Crippen LogP contribution in [0.5, 0.6) is 0 Å². The molecule has 0 spiro atoms. The van der Waals surface area contributed by atoms with Crippen molar-refractivity contribution in [2.75, 3.05) is 20.3 Å². The van der Waals surface area contributed by atoms with Gasteiger partial charge >= 0.3 is 0 Å². The first-order chi connectivity index (χ1) is 11.6. The number of benzene rings is 1. The molecule has 1 amide bonds. The molecule has 0 saturated heterocycles. The Labute approximate surface area is 138 Å². The highest BCUT2D eigenvalue weighted by atomic mass is 19.1. The van der Waals surface area contributed by atoms with Crippen LogP contribution in [0, 0.1) is 5.82 Å². The number of halogens is 1. The Morgan fingerprint density at radius 2 is 2.29 bits per heavy atom. The molecule has 3 rings (SSSR count). The second-order valence-corrected chi connectivity index (χ2v) is 5.74. The number of aromatic nitrogens is 2. The second-order valence-electron chi connectivity index (χ2n) is 5.74. The number of ether oxygens (including phenoxy) is 1. The summed E-state index contributed by atoms with van der Waals surface area (Å²) in [7, 11) is 1.46. The fourth-order valence-electron chi connectivity index (χ4n) is 2.83. The molecule has 2 aromatic rings. The normalized spacial score (nSPS) is 13.7. The lowest BCUT2D eigenvalue weighted by molar-refractivity contribution is -0.136. The molecule has 6 nitrogen and oxygen atoms in total. The Morgan fingerprint density at radius 1 is 1.46 bits per heavy atom. The number of hydrogen-bond acceptors (Lipinski definition) is 4. The summed E-state index contributed by atoms with van der Waals surface area (Å²) in [6, 6.07) is 6.21. The number of fused-ring (bicyclic) bond motifs is 1. The van der Waals surface area contributed by atoms with Crippen molar-refractivity contribution < 1.29 is 13.9 Å². The highest BCUT2D eigenvalue weighted by Gasteiger charge is 2.24. The number of nitrogens with one attached hydrogen (secondary N) is 1. The monoisotopic (exact) mass is 331 g/mol. The summed E-state index contributed by atoms with van der Waals surface area (Å²) in [5, 5.41) is 0. The Bertz CT molecular complexity index is 819. The summed E-state index contributed by atoms with van der Waals surface area (Å²) in [5.74, 6) is 0.0347. The average Bonchev–Trinajstić information content (AvgIpc) is 2.55. The molecule has 24 heavy (non-hydrogen) atoms. The molecule has 0 saturated carbocycles. The maximum atomic E-state index is 13.3. The van der Waals surface area contributed by atoms with Gasteiger partial charge in [0.25, 0.3) is 5.56 Å². The predicted molar refractivity (Wildman–Crippen MR) is 85.1 cm³/mol. The fraction of sp³-hybridized carbons (Fsp3) is 0.353. The third-order valence-electron chi connectivity index (χ3n) is 4.00. The van der Waals surface area contributed by atoms with Gasteiger partial charge in [0.05, 0.1) is 17.8 Å². The molecule has 1 aliphatic rings. The van der Waals surface area contributed by atoms with Crippen molar-refractivity contribution in [1.82, 2.24) is 14.9 Å². The quantitative estimate of drug-likeness (QED) is 0.908. The SMILES string of the molecule is COCC(=O)N1CCc2nc(Cc3cccc(F)c3)[nH]c(=O)c2C1. The first-order valence-electron chi connectivity index (χ1n) is 7.69. The van der Waals surface area contributed by atoms with Crippen LogP contribution in [-0.4, -0.2) is 41.0 Å². The largest absolute Gasteiger partial charge is 0.375 e. The molecule has 0 bridgehead atoms. The average molecular weight is 331 g/mol. The maximum Gasteiger partial charge on any atom is 0.256 e. The zero-order valence-electron chi connectivity index (χ0n) is 13.3. The van der Waals surface area contributed by atoms with Gasteiger partial charge in [-0.25, -0.2) is 9.37 Å². The molecule has 0 fully saturated rings. The summed E-state index contributed by atoms with van der Waals surface area (Å²) in [4.78, 5) is 33.0. The molecule has 7 heteroatoms. The van der Waals surface area contributed by atoms with E-state index in [0.29, 0.717) is 36.5 Å². The van der Waals surface area contributed by atoms with E-state index in [0.717, 1.165) is 5.56 Å². The molecule has 1 aromatic carbocycles. The Balaban J connectivity index is 1.82. The van der Waals surface area contributed by atoms with E-state index in [1.54, 1.807) is 17.0 Å². The minimum Gasteiger partial charge on any atom is -0.375 e. The molecule has 1 aromatic heterocycles.